The number of alkyl halides is 3. The Kier molecular flexibility index (Phi) is 2.83. The molecule has 1 amide bonds. The fourth-order valence-corrected chi connectivity index (χ4v) is 4.68. The summed E-state index contributed by atoms with van der Waals surface area (Å²) < 4.78 is 36.5. The quantitative estimate of drug-likeness (QED) is 0.813. The molecule has 4 aliphatic rings. The zero-order chi connectivity index (χ0) is 12.9. The molecular weight excluding hydrogens is 243 g/mol. The summed E-state index contributed by atoms with van der Waals surface area (Å²) in [5.74, 6) is 1.22. The van der Waals surface area contributed by atoms with Gasteiger partial charge in [0, 0.05) is 6.54 Å². The standard InChI is InChI=1S/C13H18F3NO/c14-13(15,16)12(18)17-6-11-9-2-7-1-8(4-9)5-10(11)3-7/h7-11H,1-6H2,(H,17,18). The van der Waals surface area contributed by atoms with Crippen LogP contribution >= 0.6 is 0 Å². The molecule has 4 saturated carbocycles. The van der Waals surface area contributed by atoms with Crippen molar-refractivity contribution in [3.8, 4) is 0 Å². The molecule has 0 aromatic rings. The molecule has 102 valence electrons. The van der Waals surface area contributed by atoms with E-state index in [0.717, 1.165) is 11.8 Å². The largest absolute Gasteiger partial charge is 0.471 e. The number of hydrogen-bond donors (Lipinski definition) is 1. The molecule has 4 aliphatic carbocycles. The van der Waals surface area contributed by atoms with Crippen LogP contribution in [0.3, 0.4) is 0 Å². The highest BCUT2D eigenvalue weighted by molar-refractivity contribution is 5.81. The SMILES string of the molecule is O=C(NCC1C2CC3CC(C2)CC1C3)C(F)(F)F. The summed E-state index contributed by atoms with van der Waals surface area (Å²) >= 11 is 0. The van der Waals surface area contributed by atoms with Gasteiger partial charge in [-0.3, -0.25) is 4.79 Å². The monoisotopic (exact) mass is 261 g/mol. The van der Waals surface area contributed by atoms with E-state index in [9.17, 15) is 18.0 Å². The molecule has 4 rings (SSSR count). The average Bonchev–Trinajstić information content (AvgIpc) is 2.25. The average molecular weight is 261 g/mol. The molecule has 0 aliphatic heterocycles. The van der Waals surface area contributed by atoms with E-state index in [4.69, 9.17) is 0 Å². The lowest BCUT2D eigenvalue weighted by Gasteiger charge is -2.54. The van der Waals surface area contributed by atoms with Gasteiger partial charge in [0.15, 0.2) is 0 Å². The second-order valence-corrected chi connectivity index (χ2v) is 6.30. The van der Waals surface area contributed by atoms with Crippen LogP contribution in [0.5, 0.6) is 0 Å². The fraction of sp³-hybridized carbons (Fsp3) is 0.923. The molecule has 18 heavy (non-hydrogen) atoms. The van der Waals surface area contributed by atoms with Gasteiger partial charge in [-0.2, -0.15) is 13.2 Å². The van der Waals surface area contributed by atoms with Crippen LogP contribution in [-0.4, -0.2) is 18.6 Å². The summed E-state index contributed by atoms with van der Waals surface area (Å²) in [5, 5.41) is 2.09. The topological polar surface area (TPSA) is 29.1 Å². The Bertz CT molecular complexity index is 325. The summed E-state index contributed by atoms with van der Waals surface area (Å²) in [6.07, 6.45) is 1.25. The van der Waals surface area contributed by atoms with Crippen LogP contribution in [0.15, 0.2) is 0 Å². The smallest absolute Gasteiger partial charge is 0.348 e. The molecule has 5 heteroatoms. The van der Waals surface area contributed by atoms with Crippen LogP contribution in [0.2, 0.25) is 0 Å². The van der Waals surface area contributed by atoms with Crippen molar-refractivity contribution in [2.45, 2.75) is 38.3 Å². The first-order valence-corrected chi connectivity index (χ1v) is 6.78. The Labute approximate surface area is 104 Å². The normalized spacial score (nSPS) is 42.1. The predicted octanol–water partition coefficient (Wildman–Crippen LogP) is 2.74. The minimum absolute atomic E-state index is 0.215. The molecule has 0 spiro atoms. The van der Waals surface area contributed by atoms with E-state index in [2.05, 4.69) is 5.32 Å². The molecule has 0 saturated heterocycles. The van der Waals surface area contributed by atoms with Gasteiger partial charge in [0.1, 0.15) is 0 Å². The molecular formula is C13H18F3NO. The highest BCUT2D eigenvalue weighted by atomic mass is 19.4. The zero-order valence-electron chi connectivity index (χ0n) is 10.2. The first-order valence-electron chi connectivity index (χ1n) is 6.78. The van der Waals surface area contributed by atoms with Gasteiger partial charge in [-0.15, -0.1) is 0 Å². The summed E-state index contributed by atoms with van der Waals surface area (Å²) in [6, 6.07) is 0. The van der Waals surface area contributed by atoms with Gasteiger partial charge in [-0.25, -0.2) is 0 Å². The van der Waals surface area contributed by atoms with Crippen LogP contribution in [0, 0.1) is 29.6 Å². The van der Waals surface area contributed by atoms with Gasteiger partial charge in [0.2, 0.25) is 0 Å². The predicted molar refractivity (Wildman–Crippen MR) is 59.6 cm³/mol. The van der Waals surface area contributed by atoms with E-state index in [0.29, 0.717) is 11.8 Å². The summed E-state index contributed by atoms with van der Waals surface area (Å²) in [7, 11) is 0. The number of carbonyl (C=O) groups is 1. The minimum atomic E-state index is -4.74. The first-order chi connectivity index (χ1) is 8.43. The van der Waals surface area contributed by atoms with Crippen LogP contribution in [-0.2, 0) is 4.79 Å². The van der Waals surface area contributed by atoms with E-state index in [1.54, 1.807) is 0 Å². The molecule has 4 bridgehead atoms. The van der Waals surface area contributed by atoms with Crippen LogP contribution in [0.4, 0.5) is 13.2 Å². The second-order valence-electron chi connectivity index (χ2n) is 6.30. The third-order valence-corrected chi connectivity index (χ3v) is 5.18. The Balaban J connectivity index is 1.59. The molecule has 0 radical (unpaired) electrons. The van der Waals surface area contributed by atoms with Crippen molar-refractivity contribution in [2.24, 2.45) is 29.6 Å². The van der Waals surface area contributed by atoms with E-state index < -0.39 is 12.1 Å². The zero-order valence-corrected chi connectivity index (χ0v) is 10.2. The molecule has 1 N–H and O–H groups in total. The van der Waals surface area contributed by atoms with Crippen molar-refractivity contribution in [2.75, 3.05) is 6.54 Å². The number of halogens is 3. The lowest BCUT2D eigenvalue weighted by Crippen LogP contribution is -2.50. The Morgan fingerprint density at radius 2 is 1.50 bits per heavy atom. The molecule has 0 heterocycles. The van der Waals surface area contributed by atoms with Crippen molar-refractivity contribution < 1.29 is 18.0 Å². The van der Waals surface area contributed by atoms with Gasteiger partial charge in [-0.1, -0.05) is 0 Å². The van der Waals surface area contributed by atoms with Gasteiger partial charge < -0.3 is 5.32 Å². The summed E-state index contributed by atoms with van der Waals surface area (Å²) in [6.45, 7) is 0.215. The van der Waals surface area contributed by atoms with Crippen LogP contribution in [0.1, 0.15) is 32.1 Å². The van der Waals surface area contributed by atoms with Crippen molar-refractivity contribution in [1.29, 1.82) is 0 Å². The number of carbonyl (C=O) groups excluding carboxylic acids is 1. The number of hydrogen-bond acceptors (Lipinski definition) is 1. The first kappa shape index (κ1) is 12.3. The third-order valence-electron chi connectivity index (χ3n) is 5.18. The third kappa shape index (κ3) is 2.12. The molecule has 0 aromatic heterocycles. The highest BCUT2D eigenvalue weighted by Gasteiger charge is 2.48. The van der Waals surface area contributed by atoms with E-state index in [1.807, 2.05) is 0 Å². The van der Waals surface area contributed by atoms with Crippen LogP contribution < -0.4 is 5.32 Å². The van der Waals surface area contributed by atoms with Gasteiger partial charge in [0.25, 0.3) is 0 Å². The molecule has 0 unspecified atom stereocenters. The molecule has 4 fully saturated rings. The van der Waals surface area contributed by atoms with Gasteiger partial charge in [-0.05, 0) is 61.7 Å². The van der Waals surface area contributed by atoms with E-state index in [-0.39, 0.29) is 12.5 Å². The van der Waals surface area contributed by atoms with Gasteiger partial charge >= 0.3 is 12.1 Å². The van der Waals surface area contributed by atoms with Crippen molar-refractivity contribution in [1.82, 2.24) is 5.32 Å². The Morgan fingerprint density at radius 1 is 1.00 bits per heavy atom. The maximum Gasteiger partial charge on any atom is 0.471 e. The van der Waals surface area contributed by atoms with Crippen molar-refractivity contribution in [3.63, 3.8) is 0 Å². The fourth-order valence-electron chi connectivity index (χ4n) is 4.68. The molecule has 2 nitrogen and oxygen atoms in total. The lowest BCUT2D eigenvalue weighted by molar-refractivity contribution is -0.174. The summed E-state index contributed by atoms with van der Waals surface area (Å²) in [4.78, 5) is 10.9. The van der Waals surface area contributed by atoms with Crippen LogP contribution in [0.25, 0.3) is 0 Å². The maximum absolute atomic E-state index is 12.2. The van der Waals surface area contributed by atoms with E-state index >= 15 is 0 Å². The lowest BCUT2D eigenvalue weighted by atomic mass is 9.52. The Hall–Kier alpha value is -0.740. The maximum atomic E-state index is 12.2. The highest BCUT2D eigenvalue weighted by Crippen LogP contribution is 2.56. The second kappa shape index (κ2) is 4.14. The number of rotatable bonds is 2. The van der Waals surface area contributed by atoms with Gasteiger partial charge in [0.05, 0.1) is 0 Å². The minimum Gasteiger partial charge on any atom is -0.348 e. The Morgan fingerprint density at radius 3 is 1.94 bits per heavy atom. The summed E-state index contributed by atoms with van der Waals surface area (Å²) in [5.41, 5.74) is 0. The molecule has 0 aromatic carbocycles. The van der Waals surface area contributed by atoms with E-state index in [1.165, 1.54) is 32.1 Å². The van der Waals surface area contributed by atoms with Crippen molar-refractivity contribution >= 4 is 5.91 Å². The van der Waals surface area contributed by atoms with Crippen molar-refractivity contribution in [3.05, 3.63) is 0 Å². The molecule has 0 atom stereocenters. The number of amides is 1. The number of nitrogens with one attached hydrogen (secondary N) is 1.